The number of benzene rings is 1. The normalized spacial score (nSPS) is 15.0. The topological polar surface area (TPSA) is 81.2 Å². The van der Waals surface area contributed by atoms with Crippen molar-refractivity contribution in [2.45, 2.75) is 17.9 Å². The fourth-order valence-corrected chi connectivity index (χ4v) is 4.75. The minimum Gasteiger partial charge on any atom is -0.399 e. The third-order valence-electron chi connectivity index (χ3n) is 3.56. The van der Waals surface area contributed by atoms with E-state index in [0.29, 0.717) is 17.9 Å². The van der Waals surface area contributed by atoms with Gasteiger partial charge in [0, 0.05) is 19.3 Å². The molecule has 21 heavy (non-hydrogen) atoms. The molecule has 1 aromatic heterocycles. The Hall–Kier alpha value is -1.73. The summed E-state index contributed by atoms with van der Waals surface area (Å²) in [6, 6.07) is 5.35. The second kappa shape index (κ2) is 4.92. The number of nitrogens with two attached hydrogens (primary N) is 1. The van der Waals surface area contributed by atoms with E-state index in [1.807, 2.05) is 6.07 Å². The number of rotatable bonds is 2. The van der Waals surface area contributed by atoms with Gasteiger partial charge in [0.15, 0.2) is 5.03 Å². The standard InChI is InChI=1S/C13H15ClN4O2S/c1-17-13(11(14)8-16-17)21(19,20)18-6-2-3-9-4-5-10(15)7-12(9)18/h4-5,7-8H,2-3,6,15H2,1H3. The summed E-state index contributed by atoms with van der Waals surface area (Å²) in [7, 11) is -2.21. The summed E-state index contributed by atoms with van der Waals surface area (Å²) in [6.07, 6.45) is 2.92. The van der Waals surface area contributed by atoms with Gasteiger partial charge in [0.2, 0.25) is 0 Å². The number of sulfonamides is 1. The maximum atomic E-state index is 12.9. The number of nitrogens with zero attached hydrogens (tertiary/aromatic N) is 3. The molecule has 0 aliphatic carbocycles. The number of aryl methyl sites for hydroxylation is 2. The third kappa shape index (κ3) is 2.26. The Morgan fingerprint density at radius 1 is 1.38 bits per heavy atom. The van der Waals surface area contributed by atoms with Gasteiger partial charge in [0.25, 0.3) is 10.0 Å². The molecule has 8 heteroatoms. The van der Waals surface area contributed by atoms with Crippen LogP contribution in [0.15, 0.2) is 29.4 Å². The van der Waals surface area contributed by atoms with E-state index in [2.05, 4.69) is 5.10 Å². The van der Waals surface area contributed by atoms with Crippen LogP contribution in [0.1, 0.15) is 12.0 Å². The van der Waals surface area contributed by atoms with Gasteiger partial charge in [-0.2, -0.15) is 13.5 Å². The number of nitrogen functional groups attached to an aromatic ring is 1. The van der Waals surface area contributed by atoms with Crippen LogP contribution in [0, 0.1) is 0 Å². The highest BCUT2D eigenvalue weighted by atomic mass is 35.5. The van der Waals surface area contributed by atoms with E-state index in [1.54, 1.807) is 19.2 Å². The molecule has 0 amide bonds. The van der Waals surface area contributed by atoms with E-state index in [4.69, 9.17) is 17.3 Å². The zero-order chi connectivity index (χ0) is 15.2. The maximum absolute atomic E-state index is 12.9. The van der Waals surface area contributed by atoms with Crippen molar-refractivity contribution in [3.05, 3.63) is 35.0 Å². The predicted molar refractivity (Wildman–Crippen MR) is 81.9 cm³/mol. The predicted octanol–water partition coefficient (Wildman–Crippen LogP) is 1.80. The Morgan fingerprint density at radius 3 is 2.81 bits per heavy atom. The Morgan fingerprint density at radius 2 is 2.14 bits per heavy atom. The highest BCUT2D eigenvalue weighted by molar-refractivity contribution is 7.92. The minimum atomic E-state index is -3.76. The molecule has 1 aliphatic heterocycles. The molecule has 0 bridgehead atoms. The van der Waals surface area contributed by atoms with E-state index in [-0.39, 0.29) is 10.0 Å². The summed E-state index contributed by atoms with van der Waals surface area (Å²) in [5.74, 6) is 0. The molecule has 3 rings (SSSR count). The quantitative estimate of drug-likeness (QED) is 0.853. The van der Waals surface area contributed by atoms with E-state index in [1.165, 1.54) is 15.2 Å². The molecule has 6 nitrogen and oxygen atoms in total. The fourth-order valence-electron chi connectivity index (χ4n) is 2.60. The van der Waals surface area contributed by atoms with E-state index in [9.17, 15) is 8.42 Å². The largest absolute Gasteiger partial charge is 0.399 e. The van der Waals surface area contributed by atoms with Gasteiger partial charge < -0.3 is 5.73 Å². The van der Waals surface area contributed by atoms with Crippen molar-refractivity contribution in [3.8, 4) is 0 Å². The third-order valence-corrected chi connectivity index (χ3v) is 5.88. The molecule has 2 heterocycles. The molecule has 0 saturated carbocycles. The second-order valence-corrected chi connectivity index (χ2v) is 7.17. The summed E-state index contributed by atoms with van der Waals surface area (Å²) in [6.45, 7) is 0.403. The van der Waals surface area contributed by atoms with E-state index < -0.39 is 10.0 Å². The highest BCUT2D eigenvalue weighted by Gasteiger charge is 2.33. The van der Waals surface area contributed by atoms with Crippen molar-refractivity contribution in [1.29, 1.82) is 0 Å². The average Bonchev–Trinajstić information content (AvgIpc) is 2.77. The molecule has 0 fully saturated rings. The van der Waals surface area contributed by atoms with Gasteiger partial charge >= 0.3 is 0 Å². The summed E-state index contributed by atoms with van der Waals surface area (Å²) in [5.41, 5.74) is 7.93. The lowest BCUT2D eigenvalue weighted by molar-refractivity contribution is 0.568. The summed E-state index contributed by atoms with van der Waals surface area (Å²) >= 11 is 5.99. The van der Waals surface area contributed by atoms with Gasteiger partial charge in [-0.15, -0.1) is 0 Å². The van der Waals surface area contributed by atoms with Crippen molar-refractivity contribution in [2.24, 2.45) is 7.05 Å². The number of anilines is 2. The minimum absolute atomic E-state index is 0.000517. The van der Waals surface area contributed by atoms with Gasteiger partial charge in [0.05, 0.1) is 16.9 Å². The van der Waals surface area contributed by atoms with Gasteiger partial charge in [-0.3, -0.25) is 8.99 Å². The van der Waals surface area contributed by atoms with Crippen LogP contribution in [0.5, 0.6) is 0 Å². The smallest absolute Gasteiger partial charge is 0.283 e. The van der Waals surface area contributed by atoms with Crippen LogP contribution in [0.25, 0.3) is 0 Å². The first-order valence-electron chi connectivity index (χ1n) is 6.50. The van der Waals surface area contributed by atoms with Crippen molar-refractivity contribution in [1.82, 2.24) is 9.78 Å². The Balaban J connectivity index is 2.16. The van der Waals surface area contributed by atoms with Crippen LogP contribution < -0.4 is 10.0 Å². The molecule has 0 atom stereocenters. The van der Waals surface area contributed by atoms with Crippen LogP contribution in [-0.4, -0.2) is 24.7 Å². The van der Waals surface area contributed by atoms with Gasteiger partial charge in [0.1, 0.15) is 0 Å². The van der Waals surface area contributed by atoms with Gasteiger partial charge in [-0.1, -0.05) is 17.7 Å². The molecule has 112 valence electrons. The molecular formula is C13H15ClN4O2S. The molecule has 0 radical (unpaired) electrons. The summed E-state index contributed by atoms with van der Waals surface area (Å²) in [5, 5.41) is 4.02. The van der Waals surface area contributed by atoms with Gasteiger partial charge in [-0.05, 0) is 30.5 Å². The molecule has 1 aromatic carbocycles. The number of aromatic nitrogens is 2. The molecule has 1 aliphatic rings. The lowest BCUT2D eigenvalue weighted by atomic mass is 10.0. The second-order valence-electron chi connectivity index (χ2n) is 4.99. The Labute approximate surface area is 128 Å². The van der Waals surface area contributed by atoms with Crippen LogP contribution in [0.3, 0.4) is 0 Å². The number of hydrogen-bond donors (Lipinski definition) is 1. The maximum Gasteiger partial charge on any atom is 0.283 e. The average molecular weight is 327 g/mol. The molecule has 0 saturated heterocycles. The first-order valence-corrected chi connectivity index (χ1v) is 8.31. The zero-order valence-electron chi connectivity index (χ0n) is 11.5. The van der Waals surface area contributed by atoms with Crippen molar-refractivity contribution in [2.75, 3.05) is 16.6 Å². The van der Waals surface area contributed by atoms with Crippen LogP contribution in [0.4, 0.5) is 11.4 Å². The number of halogens is 1. The van der Waals surface area contributed by atoms with E-state index in [0.717, 1.165) is 18.4 Å². The summed E-state index contributed by atoms with van der Waals surface area (Å²) in [4.78, 5) is 0. The molecule has 0 unspecified atom stereocenters. The van der Waals surface area contributed by atoms with Gasteiger partial charge in [-0.25, -0.2) is 0 Å². The first-order chi connectivity index (χ1) is 9.91. The molecule has 2 N–H and O–H groups in total. The molecule has 0 spiro atoms. The Kier molecular flexibility index (Phi) is 3.33. The van der Waals surface area contributed by atoms with Crippen LogP contribution in [-0.2, 0) is 23.5 Å². The first kappa shape index (κ1) is 14.2. The van der Waals surface area contributed by atoms with Crippen LogP contribution in [0.2, 0.25) is 5.02 Å². The lowest BCUT2D eigenvalue weighted by Crippen LogP contribution is -2.36. The monoisotopic (exact) mass is 326 g/mol. The Bertz CT molecular complexity index is 781. The van der Waals surface area contributed by atoms with Crippen molar-refractivity contribution >= 4 is 33.0 Å². The zero-order valence-corrected chi connectivity index (χ0v) is 13.0. The summed E-state index contributed by atoms with van der Waals surface area (Å²) < 4.78 is 28.4. The SMILES string of the molecule is Cn1ncc(Cl)c1S(=O)(=O)N1CCCc2ccc(N)cc21. The molecular weight excluding hydrogens is 312 g/mol. The number of hydrogen-bond acceptors (Lipinski definition) is 4. The highest BCUT2D eigenvalue weighted by Crippen LogP contribution is 2.34. The van der Waals surface area contributed by atoms with Crippen molar-refractivity contribution in [3.63, 3.8) is 0 Å². The fraction of sp³-hybridized carbons (Fsp3) is 0.308. The number of fused-ring (bicyclic) bond motifs is 1. The van der Waals surface area contributed by atoms with E-state index >= 15 is 0 Å². The lowest BCUT2D eigenvalue weighted by Gasteiger charge is -2.30. The van der Waals surface area contributed by atoms with Crippen LogP contribution >= 0.6 is 11.6 Å². The molecule has 2 aromatic rings. The van der Waals surface area contributed by atoms with Crippen molar-refractivity contribution < 1.29 is 8.42 Å².